The number of hydrogen-bond donors (Lipinski definition) is 0. The van der Waals surface area contributed by atoms with Crippen LogP contribution >= 0.6 is 0 Å². The van der Waals surface area contributed by atoms with Gasteiger partial charge in [-0.15, -0.1) is 10.2 Å². The Hall–Kier alpha value is -2.77. The van der Waals surface area contributed by atoms with Crippen LogP contribution in [-0.2, 0) is 22.7 Å². The first kappa shape index (κ1) is 17.1. The molecule has 0 aliphatic carbocycles. The lowest BCUT2D eigenvalue weighted by Gasteiger charge is -2.31. The van der Waals surface area contributed by atoms with Gasteiger partial charge in [0.05, 0.1) is 0 Å². The van der Waals surface area contributed by atoms with Crippen molar-refractivity contribution in [1.82, 2.24) is 30.0 Å². The molecule has 2 heterocycles. The maximum absolute atomic E-state index is 12.6. The van der Waals surface area contributed by atoms with Crippen LogP contribution in [0, 0.1) is 0 Å². The van der Waals surface area contributed by atoms with E-state index in [1.165, 1.54) is 11.1 Å². The maximum atomic E-state index is 12.6. The Bertz CT molecular complexity index is 703. The molecule has 132 valence electrons. The van der Waals surface area contributed by atoms with Gasteiger partial charge in [-0.1, -0.05) is 37.3 Å². The van der Waals surface area contributed by atoms with Gasteiger partial charge in [-0.05, 0) is 17.2 Å². The summed E-state index contributed by atoms with van der Waals surface area (Å²) in [6.07, 6.45) is 2.43. The van der Waals surface area contributed by atoms with Gasteiger partial charge in [0.2, 0.25) is 11.8 Å². The van der Waals surface area contributed by atoms with Crippen molar-refractivity contribution >= 4 is 11.8 Å². The van der Waals surface area contributed by atoms with Gasteiger partial charge in [0.1, 0.15) is 6.54 Å². The highest BCUT2D eigenvalue weighted by Gasteiger charge is 2.30. The van der Waals surface area contributed by atoms with Crippen LogP contribution in [0.5, 0.6) is 0 Å². The van der Waals surface area contributed by atoms with Gasteiger partial charge in [0.15, 0.2) is 6.33 Å². The van der Waals surface area contributed by atoms with E-state index in [4.69, 9.17) is 0 Å². The largest absolute Gasteiger partial charge is 0.338 e. The molecule has 1 fully saturated rings. The van der Waals surface area contributed by atoms with Crippen LogP contribution in [0.25, 0.3) is 0 Å². The first-order valence-corrected chi connectivity index (χ1v) is 8.49. The number of hydrogen-bond acceptors (Lipinski definition) is 5. The summed E-state index contributed by atoms with van der Waals surface area (Å²) in [7, 11) is 0. The third kappa shape index (κ3) is 4.20. The third-order valence-corrected chi connectivity index (χ3v) is 4.48. The number of tetrazole rings is 1. The zero-order valence-electron chi connectivity index (χ0n) is 14.3. The van der Waals surface area contributed by atoms with Gasteiger partial charge in [0.25, 0.3) is 0 Å². The standard InChI is InChI=1S/C17H22N6O2/c1-2-15-11-21(17(25)12-23-19-13-18-20-23)9-8-16(24)22(15)10-14-6-4-3-5-7-14/h3-7,13,15H,2,8-12H2,1H3. The quantitative estimate of drug-likeness (QED) is 0.799. The Morgan fingerprint density at radius 1 is 1.28 bits per heavy atom. The van der Waals surface area contributed by atoms with Gasteiger partial charge in [-0.3, -0.25) is 9.59 Å². The predicted octanol–water partition coefficient (Wildman–Crippen LogP) is 0.713. The molecule has 8 nitrogen and oxygen atoms in total. The Kier molecular flexibility index (Phi) is 5.37. The number of nitrogens with zero attached hydrogens (tertiary/aromatic N) is 6. The van der Waals surface area contributed by atoms with E-state index in [2.05, 4.69) is 15.4 Å². The van der Waals surface area contributed by atoms with Crippen LogP contribution in [0.15, 0.2) is 36.7 Å². The highest BCUT2D eigenvalue weighted by molar-refractivity contribution is 5.80. The fourth-order valence-corrected chi connectivity index (χ4v) is 3.08. The number of carbonyl (C=O) groups excluding carboxylic acids is 2. The second-order valence-electron chi connectivity index (χ2n) is 6.13. The summed E-state index contributed by atoms with van der Waals surface area (Å²) in [6, 6.07) is 9.94. The topological polar surface area (TPSA) is 84.2 Å². The molecule has 1 atom stereocenters. The SMILES string of the molecule is CCC1CN(C(=O)Cn2ncnn2)CCC(=O)N1Cc1ccccc1. The van der Waals surface area contributed by atoms with Crippen molar-refractivity contribution in [1.29, 1.82) is 0 Å². The van der Waals surface area contributed by atoms with Gasteiger partial charge in [-0.2, -0.15) is 4.80 Å². The Morgan fingerprint density at radius 2 is 2.08 bits per heavy atom. The van der Waals surface area contributed by atoms with Gasteiger partial charge >= 0.3 is 0 Å². The summed E-state index contributed by atoms with van der Waals surface area (Å²) in [6.45, 7) is 3.62. The van der Waals surface area contributed by atoms with Crippen molar-refractivity contribution in [2.75, 3.05) is 13.1 Å². The molecule has 25 heavy (non-hydrogen) atoms. The molecule has 0 radical (unpaired) electrons. The number of benzene rings is 1. The first-order valence-electron chi connectivity index (χ1n) is 8.49. The monoisotopic (exact) mass is 342 g/mol. The molecule has 1 unspecified atom stereocenters. The van der Waals surface area contributed by atoms with E-state index in [1.54, 1.807) is 4.90 Å². The van der Waals surface area contributed by atoms with E-state index >= 15 is 0 Å². The Balaban J connectivity index is 1.70. The Morgan fingerprint density at radius 3 is 2.76 bits per heavy atom. The van der Waals surface area contributed by atoms with Crippen LogP contribution in [0.2, 0.25) is 0 Å². The highest BCUT2D eigenvalue weighted by atomic mass is 16.2. The predicted molar refractivity (Wildman–Crippen MR) is 90.1 cm³/mol. The Labute approximate surface area is 146 Å². The fraction of sp³-hybridized carbons (Fsp3) is 0.471. The second-order valence-corrected chi connectivity index (χ2v) is 6.13. The average molecular weight is 342 g/mol. The molecule has 2 amide bonds. The van der Waals surface area contributed by atoms with Crippen LogP contribution < -0.4 is 0 Å². The van der Waals surface area contributed by atoms with Crippen molar-refractivity contribution in [3.63, 3.8) is 0 Å². The van der Waals surface area contributed by atoms with Crippen molar-refractivity contribution in [3.05, 3.63) is 42.2 Å². The maximum Gasteiger partial charge on any atom is 0.246 e. The van der Waals surface area contributed by atoms with E-state index < -0.39 is 0 Å². The van der Waals surface area contributed by atoms with Crippen LogP contribution in [0.4, 0.5) is 0 Å². The lowest BCUT2D eigenvalue weighted by molar-refractivity contribution is -0.134. The second kappa shape index (κ2) is 7.87. The number of aromatic nitrogens is 4. The normalized spacial score (nSPS) is 18.3. The summed E-state index contributed by atoms with van der Waals surface area (Å²) in [5, 5.41) is 11.2. The van der Waals surface area contributed by atoms with E-state index in [-0.39, 0.29) is 24.4 Å². The summed E-state index contributed by atoms with van der Waals surface area (Å²) < 4.78 is 0. The fourth-order valence-electron chi connectivity index (χ4n) is 3.08. The van der Waals surface area contributed by atoms with E-state index in [0.717, 1.165) is 12.0 Å². The molecule has 1 saturated heterocycles. The lowest BCUT2D eigenvalue weighted by atomic mass is 10.1. The van der Waals surface area contributed by atoms with E-state index in [1.807, 2.05) is 42.2 Å². The molecule has 0 bridgehead atoms. The van der Waals surface area contributed by atoms with Crippen LogP contribution in [0.1, 0.15) is 25.3 Å². The van der Waals surface area contributed by atoms with Gasteiger partial charge in [0, 0.05) is 32.1 Å². The molecular formula is C17H22N6O2. The third-order valence-electron chi connectivity index (χ3n) is 4.48. The molecule has 1 aliphatic heterocycles. The minimum Gasteiger partial charge on any atom is -0.338 e. The molecular weight excluding hydrogens is 320 g/mol. The first-order chi connectivity index (χ1) is 12.2. The average Bonchev–Trinajstić information content (AvgIpc) is 3.08. The van der Waals surface area contributed by atoms with Gasteiger partial charge < -0.3 is 9.80 Å². The number of amides is 2. The molecule has 1 aromatic heterocycles. The molecule has 1 aliphatic rings. The highest BCUT2D eigenvalue weighted by Crippen LogP contribution is 2.18. The number of rotatable bonds is 5. The summed E-state index contributed by atoms with van der Waals surface area (Å²) in [4.78, 5) is 30.0. The minimum atomic E-state index is -0.0918. The molecule has 0 N–H and O–H groups in total. The van der Waals surface area contributed by atoms with Crippen LogP contribution in [0.3, 0.4) is 0 Å². The summed E-state index contributed by atoms with van der Waals surface area (Å²) in [5.74, 6) is -0.00399. The lowest BCUT2D eigenvalue weighted by Crippen LogP contribution is -2.44. The zero-order valence-corrected chi connectivity index (χ0v) is 14.3. The van der Waals surface area contributed by atoms with Gasteiger partial charge in [-0.25, -0.2) is 0 Å². The zero-order chi connectivity index (χ0) is 17.6. The molecule has 0 spiro atoms. The van der Waals surface area contributed by atoms with Crippen molar-refractivity contribution in [2.24, 2.45) is 0 Å². The van der Waals surface area contributed by atoms with E-state index in [9.17, 15) is 9.59 Å². The van der Waals surface area contributed by atoms with Crippen molar-refractivity contribution in [2.45, 2.75) is 38.9 Å². The molecule has 8 heteroatoms. The summed E-state index contributed by atoms with van der Waals surface area (Å²) in [5.41, 5.74) is 1.10. The smallest absolute Gasteiger partial charge is 0.246 e. The molecule has 3 rings (SSSR count). The van der Waals surface area contributed by atoms with Crippen molar-refractivity contribution < 1.29 is 9.59 Å². The van der Waals surface area contributed by atoms with E-state index in [0.29, 0.717) is 26.1 Å². The molecule has 2 aromatic rings. The number of carbonyl (C=O) groups is 2. The minimum absolute atomic E-state index is 0.00265. The molecule has 0 saturated carbocycles. The molecule has 1 aromatic carbocycles. The summed E-state index contributed by atoms with van der Waals surface area (Å²) >= 11 is 0. The van der Waals surface area contributed by atoms with Crippen LogP contribution in [-0.4, -0.2) is 61.0 Å². The van der Waals surface area contributed by atoms with Crippen molar-refractivity contribution in [3.8, 4) is 0 Å².